The Hall–Kier alpha value is -3.39. The summed E-state index contributed by atoms with van der Waals surface area (Å²) in [5.41, 5.74) is 2.69. The molecule has 1 N–H and O–H groups in total. The number of carbonyl (C=O) groups excluding carboxylic acids is 1. The topological polar surface area (TPSA) is 103 Å². The summed E-state index contributed by atoms with van der Waals surface area (Å²) in [4.78, 5) is 30.9. The molecule has 3 aromatic carbocycles. The van der Waals surface area contributed by atoms with Crippen molar-refractivity contribution in [2.45, 2.75) is 13.5 Å². The summed E-state index contributed by atoms with van der Waals surface area (Å²) in [6, 6.07) is 19.4. The lowest BCUT2D eigenvalue weighted by molar-refractivity contribution is -0.122. The molecule has 1 amide bonds. The van der Waals surface area contributed by atoms with Crippen molar-refractivity contribution in [2.24, 2.45) is 4.99 Å². The summed E-state index contributed by atoms with van der Waals surface area (Å²) in [7, 11) is 0. The molecule has 0 atom stereocenters. The second-order valence-electron chi connectivity index (χ2n) is 7.78. The van der Waals surface area contributed by atoms with Gasteiger partial charge in [-0.1, -0.05) is 24.3 Å². The molecule has 1 saturated heterocycles. The number of carboxylic acid groups (broad SMARTS) is 1. The highest BCUT2D eigenvalue weighted by Crippen LogP contribution is 2.38. The summed E-state index contributed by atoms with van der Waals surface area (Å²) in [5, 5.41) is 19.0. The van der Waals surface area contributed by atoms with Gasteiger partial charge in [0, 0.05) is 12.1 Å². The first-order valence-electron chi connectivity index (χ1n) is 11.0. The van der Waals surface area contributed by atoms with Crippen molar-refractivity contribution in [1.82, 2.24) is 4.90 Å². The fourth-order valence-electron chi connectivity index (χ4n) is 3.55. The molecule has 10 heteroatoms. The van der Waals surface area contributed by atoms with Crippen molar-refractivity contribution in [1.29, 1.82) is 5.26 Å². The molecule has 1 fully saturated rings. The smallest absolute Gasteiger partial charge is 0.335 e. The highest BCUT2D eigenvalue weighted by atomic mass is 79.9. The Balaban J connectivity index is 1.58. The van der Waals surface area contributed by atoms with Crippen LogP contribution in [0.5, 0.6) is 5.75 Å². The van der Waals surface area contributed by atoms with Crippen LogP contribution in [0.2, 0.25) is 0 Å². The molecule has 7 nitrogen and oxygen atoms in total. The normalized spacial score (nSPS) is 15.3. The van der Waals surface area contributed by atoms with Crippen molar-refractivity contribution in [3.8, 4) is 11.8 Å². The van der Waals surface area contributed by atoms with Gasteiger partial charge in [0.05, 0.1) is 36.7 Å². The van der Waals surface area contributed by atoms with Crippen LogP contribution in [-0.2, 0) is 11.4 Å². The van der Waals surface area contributed by atoms with E-state index in [4.69, 9.17) is 4.74 Å². The number of nitrogens with zero attached hydrogens (tertiary/aromatic N) is 3. The zero-order valence-corrected chi connectivity index (χ0v) is 23.4. The second kappa shape index (κ2) is 11.8. The molecule has 0 spiro atoms. The summed E-state index contributed by atoms with van der Waals surface area (Å²) in [6.45, 7) is 2.50. The first-order chi connectivity index (χ1) is 17.8. The standard InChI is InChI=1S/C27H19Br2N3O4S/c1-2-32-25(33)23(37-27(32)31-20-9-5-8-17(13-20)26(34)35)12-16-10-21(28)24(22(29)11-16)36-15-19-7-4-3-6-18(19)14-30/h3-13H,2,15H2,1H3,(H,34,35)/b23-12-,31-27?. The molecule has 186 valence electrons. The van der Waals surface area contributed by atoms with Crippen LogP contribution in [0.4, 0.5) is 5.69 Å². The van der Waals surface area contributed by atoms with Crippen molar-refractivity contribution in [3.63, 3.8) is 0 Å². The molecule has 0 unspecified atom stereocenters. The van der Waals surface area contributed by atoms with Gasteiger partial charge in [0.15, 0.2) is 5.17 Å². The van der Waals surface area contributed by atoms with E-state index in [2.05, 4.69) is 42.9 Å². The number of amidine groups is 1. The first-order valence-corrected chi connectivity index (χ1v) is 13.4. The maximum atomic E-state index is 13.1. The Bertz CT molecular complexity index is 1470. The highest BCUT2D eigenvalue weighted by molar-refractivity contribution is 9.11. The largest absolute Gasteiger partial charge is 0.486 e. The Morgan fingerprint density at radius 3 is 2.57 bits per heavy atom. The molecule has 1 aliphatic heterocycles. The number of amides is 1. The molecular formula is C27H19Br2N3O4S. The molecular weight excluding hydrogens is 622 g/mol. The van der Waals surface area contributed by atoms with Crippen molar-refractivity contribution < 1.29 is 19.4 Å². The van der Waals surface area contributed by atoms with Gasteiger partial charge in [-0.05, 0) is 98.6 Å². The number of hydrogen-bond donors (Lipinski definition) is 1. The van der Waals surface area contributed by atoms with E-state index in [1.54, 1.807) is 35.2 Å². The lowest BCUT2D eigenvalue weighted by Crippen LogP contribution is -2.28. The van der Waals surface area contributed by atoms with Crippen LogP contribution in [0.1, 0.15) is 34.0 Å². The van der Waals surface area contributed by atoms with Gasteiger partial charge in [-0.15, -0.1) is 0 Å². The highest BCUT2D eigenvalue weighted by Gasteiger charge is 2.32. The molecule has 3 aromatic rings. The Morgan fingerprint density at radius 1 is 1.16 bits per heavy atom. The van der Waals surface area contributed by atoms with Crippen molar-refractivity contribution >= 4 is 72.4 Å². The number of carboxylic acids is 1. The average molecular weight is 641 g/mol. The van der Waals surface area contributed by atoms with Crippen molar-refractivity contribution in [3.05, 3.63) is 96.8 Å². The van der Waals surface area contributed by atoms with E-state index in [0.29, 0.717) is 42.6 Å². The number of aromatic carboxylic acids is 1. The predicted octanol–water partition coefficient (Wildman–Crippen LogP) is 6.98. The molecule has 0 bridgehead atoms. The number of nitriles is 1. The van der Waals surface area contributed by atoms with Crippen LogP contribution in [0.3, 0.4) is 0 Å². The van der Waals surface area contributed by atoms with Crippen molar-refractivity contribution in [2.75, 3.05) is 6.54 Å². The lowest BCUT2D eigenvalue weighted by Gasteiger charge is -2.12. The minimum absolute atomic E-state index is 0.128. The number of hydrogen-bond acceptors (Lipinski definition) is 6. The third-order valence-electron chi connectivity index (χ3n) is 5.35. The monoisotopic (exact) mass is 639 g/mol. The van der Waals surface area contributed by atoms with Gasteiger partial charge in [0.25, 0.3) is 5.91 Å². The molecule has 0 saturated carbocycles. The number of likely N-dealkylation sites (N-methyl/N-ethyl adjacent to an activating group) is 1. The summed E-state index contributed by atoms with van der Waals surface area (Å²) >= 11 is 8.33. The van der Waals surface area contributed by atoms with Crippen LogP contribution in [-0.4, -0.2) is 33.6 Å². The quantitative estimate of drug-likeness (QED) is 0.279. The van der Waals surface area contributed by atoms with Crippen LogP contribution in [0.25, 0.3) is 6.08 Å². The molecule has 1 aliphatic rings. The van der Waals surface area contributed by atoms with Crippen LogP contribution >= 0.6 is 43.6 Å². The minimum Gasteiger partial charge on any atom is -0.486 e. The maximum Gasteiger partial charge on any atom is 0.335 e. The number of ether oxygens (including phenoxy) is 1. The Morgan fingerprint density at radius 2 is 1.89 bits per heavy atom. The van der Waals surface area contributed by atoms with Gasteiger partial charge >= 0.3 is 5.97 Å². The first kappa shape index (κ1) is 26.7. The van der Waals surface area contributed by atoms with Gasteiger partial charge in [-0.2, -0.15) is 5.26 Å². The number of carbonyl (C=O) groups is 2. The zero-order chi connectivity index (χ0) is 26.5. The fraction of sp³-hybridized carbons (Fsp3) is 0.111. The van der Waals surface area contributed by atoms with E-state index >= 15 is 0 Å². The summed E-state index contributed by atoms with van der Waals surface area (Å²) in [6.07, 6.45) is 1.77. The van der Waals surface area contributed by atoms with E-state index in [1.807, 2.05) is 31.2 Å². The second-order valence-corrected chi connectivity index (χ2v) is 10.5. The molecule has 0 aromatic heterocycles. The summed E-state index contributed by atoms with van der Waals surface area (Å²) < 4.78 is 7.35. The number of thioether (sulfide) groups is 1. The van der Waals surface area contributed by atoms with E-state index < -0.39 is 5.97 Å². The third kappa shape index (κ3) is 6.13. The van der Waals surface area contributed by atoms with E-state index in [-0.39, 0.29) is 18.1 Å². The van der Waals surface area contributed by atoms with Crippen LogP contribution < -0.4 is 4.74 Å². The van der Waals surface area contributed by atoms with Gasteiger partial charge in [-0.3, -0.25) is 9.69 Å². The van der Waals surface area contributed by atoms with E-state index in [9.17, 15) is 20.0 Å². The maximum absolute atomic E-state index is 13.1. The van der Waals surface area contributed by atoms with Crippen LogP contribution in [0, 0.1) is 11.3 Å². The number of rotatable bonds is 7. The Labute approximate surface area is 234 Å². The molecule has 37 heavy (non-hydrogen) atoms. The molecule has 4 rings (SSSR count). The van der Waals surface area contributed by atoms with E-state index in [1.165, 1.54) is 23.9 Å². The summed E-state index contributed by atoms with van der Waals surface area (Å²) in [5.74, 6) is -0.639. The van der Waals surface area contributed by atoms with Gasteiger partial charge < -0.3 is 9.84 Å². The van der Waals surface area contributed by atoms with Gasteiger partial charge in [-0.25, -0.2) is 9.79 Å². The third-order valence-corrected chi connectivity index (χ3v) is 7.54. The van der Waals surface area contributed by atoms with E-state index in [0.717, 1.165) is 11.1 Å². The number of halogens is 2. The Kier molecular flexibility index (Phi) is 8.48. The lowest BCUT2D eigenvalue weighted by atomic mass is 10.1. The van der Waals surface area contributed by atoms with Gasteiger partial charge in [0.2, 0.25) is 0 Å². The minimum atomic E-state index is -1.04. The van der Waals surface area contributed by atoms with Gasteiger partial charge in [0.1, 0.15) is 12.4 Å². The number of aliphatic imine (C=N–C) groups is 1. The SMILES string of the molecule is CCN1C(=O)/C(=C/c2cc(Br)c(OCc3ccccc3C#N)c(Br)c2)SC1=Nc1cccc(C(=O)O)c1. The molecule has 1 heterocycles. The fourth-order valence-corrected chi connectivity index (χ4v) is 6.06. The zero-order valence-electron chi connectivity index (χ0n) is 19.4. The number of benzene rings is 3. The molecule has 0 radical (unpaired) electrons. The van der Waals surface area contributed by atoms with Crippen LogP contribution in [0.15, 0.2) is 79.5 Å². The average Bonchev–Trinajstić information content (AvgIpc) is 3.17. The molecule has 0 aliphatic carbocycles. The predicted molar refractivity (Wildman–Crippen MR) is 151 cm³/mol.